The van der Waals surface area contributed by atoms with Crippen molar-refractivity contribution in [3.05, 3.63) is 23.7 Å². The lowest BCUT2D eigenvalue weighted by Crippen LogP contribution is -2.35. The highest BCUT2D eigenvalue weighted by Crippen LogP contribution is 2.14. The minimum Gasteiger partial charge on any atom is -0.465 e. The van der Waals surface area contributed by atoms with Crippen LogP contribution >= 0.6 is 0 Å². The molecule has 16 heavy (non-hydrogen) atoms. The quantitative estimate of drug-likeness (QED) is 0.723. The topological polar surface area (TPSA) is 78.1 Å². The number of hydrogen-bond acceptors (Lipinski definition) is 4. The summed E-state index contributed by atoms with van der Waals surface area (Å²) in [6.45, 7) is 3.99. The molecule has 0 bridgehead atoms. The number of carbonyl (C=O) groups is 1. The zero-order valence-corrected chi connectivity index (χ0v) is 9.41. The molecule has 1 heterocycles. The van der Waals surface area contributed by atoms with Gasteiger partial charge in [0, 0.05) is 0 Å². The largest absolute Gasteiger partial charge is 0.465 e. The summed E-state index contributed by atoms with van der Waals surface area (Å²) < 4.78 is 5.41. The lowest BCUT2D eigenvalue weighted by atomic mass is 10.2. The minimum absolute atomic E-state index is 0.0264. The summed E-state index contributed by atoms with van der Waals surface area (Å²) in [5.41, 5.74) is 0. The van der Waals surface area contributed by atoms with Crippen molar-refractivity contribution in [3.63, 3.8) is 0 Å². The highest BCUT2D eigenvalue weighted by molar-refractivity contribution is 5.78. The molecule has 1 rings (SSSR count). The summed E-state index contributed by atoms with van der Waals surface area (Å²) in [5, 5.41) is 13.7. The second-order valence-electron chi connectivity index (χ2n) is 3.49. The van der Waals surface area contributed by atoms with Crippen LogP contribution in [0.5, 0.6) is 0 Å². The molecule has 86 valence electrons. The minimum atomic E-state index is -0.198. The molecule has 2 N–H and O–H groups in total. The molecule has 1 unspecified atom stereocenters. The molecule has 0 spiro atoms. The van der Waals surface area contributed by atoms with Crippen LogP contribution in [0.3, 0.4) is 0 Å². The summed E-state index contributed by atoms with van der Waals surface area (Å²) in [7, 11) is 0. The van der Waals surface area contributed by atoms with Crippen molar-refractivity contribution in [2.45, 2.75) is 19.9 Å². The van der Waals surface area contributed by atoms with Crippen LogP contribution in [0.2, 0.25) is 0 Å². The average molecular weight is 221 g/mol. The van der Waals surface area contributed by atoms with Crippen LogP contribution in [0.25, 0.3) is 0 Å². The van der Waals surface area contributed by atoms with Crippen LogP contribution in [-0.2, 0) is 4.79 Å². The van der Waals surface area contributed by atoms with E-state index in [4.69, 9.17) is 9.68 Å². The predicted molar refractivity (Wildman–Crippen MR) is 58.5 cm³/mol. The monoisotopic (exact) mass is 221 g/mol. The van der Waals surface area contributed by atoms with E-state index in [1.165, 1.54) is 0 Å². The highest BCUT2D eigenvalue weighted by atomic mass is 16.3. The van der Waals surface area contributed by atoms with Crippen molar-refractivity contribution in [1.82, 2.24) is 10.6 Å². The number of amides is 1. The highest BCUT2D eigenvalue weighted by Gasteiger charge is 2.10. The van der Waals surface area contributed by atoms with Crippen LogP contribution in [0.1, 0.15) is 24.5 Å². The molecule has 1 aromatic heterocycles. The Hall–Kier alpha value is -1.80. The Morgan fingerprint density at radius 2 is 2.38 bits per heavy atom. The first-order valence-corrected chi connectivity index (χ1v) is 5.07. The molecular weight excluding hydrogens is 206 g/mol. The van der Waals surface area contributed by atoms with Gasteiger partial charge in [0.2, 0.25) is 5.91 Å². The fourth-order valence-corrected chi connectivity index (χ4v) is 1.23. The number of furan rings is 1. The smallest absolute Gasteiger partial charge is 0.234 e. The van der Waals surface area contributed by atoms with E-state index in [9.17, 15) is 4.79 Å². The molecule has 5 nitrogen and oxygen atoms in total. The van der Waals surface area contributed by atoms with Crippen LogP contribution in [0, 0.1) is 18.3 Å². The molecular formula is C11H15N3O2. The van der Waals surface area contributed by atoms with Gasteiger partial charge in [0.05, 0.1) is 18.7 Å². The maximum atomic E-state index is 11.2. The van der Waals surface area contributed by atoms with Gasteiger partial charge >= 0.3 is 0 Å². The summed E-state index contributed by atoms with van der Waals surface area (Å²) in [6, 6.07) is 5.57. The number of aryl methyl sites for hydroxylation is 1. The van der Waals surface area contributed by atoms with E-state index in [-0.39, 0.29) is 25.0 Å². The maximum absolute atomic E-state index is 11.2. The Labute approximate surface area is 94.4 Å². The van der Waals surface area contributed by atoms with E-state index < -0.39 is 0 Å². The second-order valence-corrected chi connectivity index (χ2v) is 3.49. The van der Waals surface area contributed by atoms with E-state index in [2.05, 4.69) is 10.6 Å². The van der Waals surface area contributed by atoms with Crippen molar-refractivity contribution in [1.29, 1.82) is 5.26 Å². The third kappa shape index (κ3) is 3.75. The fourth-order valence-electron chi connectivity index (χ4n) is 1.23. The molecule has 5 heteroatoms. The molecule has 0 aliphatic rings. The zero-order valence-electron chi connectivity index (χ0n) is 9.41. The molecule has 0 fully saturated rings. The van der Waals surface area contributed by atoms with Gasteiger partial charge in [0.25, 0.3) is 0 Å². The number of nitrogens with zero attached hydrogens (tertiary/aromatic N) is 1. The van der Waals surface area contributed by atoms with Crippen molar-refractivity contribution in [2.75, 3.05) is 13.1 Å². The molecule has 1 amide bonds. The van der Waals surface area contributed by atoms with Gasteiger partial charge in [-0.2, -0.15) is 5.26 Å². The molecule has 0 radical (unpaired) electrons. The first-order chi connectivity index (χ1) is 7.63. The van der Waals surface area contributed by atoms with Crippen LogP contribution in [-0.4, -0.2) is 19.0 Å². The Balaban J connectivity index is 2.33. The number of nitrogens with one attached hydrogen (secondary N) is 2. The molecule has 0 aliphatic carbocycles. The number of nitriles is 1. The van der Waals surface area contributed by atoms with E-state index in [0.29, 0.717) is 0 Å². The normalized spacial score (nSPS) is 11.8. The predicted octanol–water partition coefficient (Wildman–Crippen LogP) is 0.878. The van der Waals surface area contributed by atoms with Gasteiger partial charge in [0.1, 0.15) is 18.1 Å². The number of hydrogen-bond donors (Lipinski definition) is 2. The summed E-state index contributed by atoms with van der Waals surface area (Å²) in [6.07, 6.45) is 0. The lowest BCUT2D eigenvalue weighted by molar-refractivity contribution is -0.120. The van der Waals surface area contributed by atoms with Gasteiger partial charge in [-0.1, -0.05) is 0 Å². The summed E-state index contributed by atoms with van der Waals surface area (Å²) in [5.74, 6) is 1.44. The van der Waals surface area contributed by atoms with Gasteiger partial charge in [-0.25, -0.2) is 0 Å². The summed E-state index contributed by atoms with van der Waals surface area (Å²) in [4.78, 5) is 11.2. The fraction of sp³-hybridized carbons (Fsp3) is 0.455. The first kappa shape index (κ1) is 12.3. The first-order valence-electron chi connectivity index (χ1n) is 5.07. The Morgan fingerprint density at radius 1 is 1.62 bits per heavy atom. The molecule has 0 saturated carbocycles. The Bertz CT molecular complexity index is 392. The second kappa shape index (κ2) is 5.93. The zero-order chi connectivity index (χ0) is 12.0. The van der Waals surface area contributed by atoms with Gasteiger partial charge in [-0.05, 0) is 26.0 Å². The molecule has 0 aromatic carbocycles. The van der Waals surface area contributed by atoms with Crippen molar-refractivity contribution in [2.24, 2.45) is 0 Å². The number of rotatable bonds is 5. The van der Waals surface area contributed by atoms with E-state index in [0.717, 1.165) is 11.5 Å². The summed E-state index contributed by atoms with van der Waals surface area (Å²) >= 11 is 0. The van der Waals surface area contributed by atoms with Crippen molar-refractivity contribution < 1.29 is 9.21 Å². The maximum Gasteiger partial charge on any atom is 0.234 e. The van der Waals surface area contributed by atoms with E-state index >= 15 is 0 Å². The van der Waals surface area contributed by atoms with Crippen molar-refractivity contribution >= 4 is 5.91 Å². The molecule has 0 saturated heterocycles. The van der Waals surface area contributed by atoms with Gasteiger partial charge in [-0.3, -0.25) is 10.1 Å². The SMILES string of the molecule is Cc1ccc(C(C)NCC(=O)NCC#N)o1. The van der Waals surface area contributed by atoms with Gasteiger partial charge in [-0.15, -0.1) is 0 Å². The Morgan fingerprint density at radius 3 is 2.94 bits per heavy atom. The van der Waals surface area contributed by atoms with Crippen LogP contribution in [0.15, 0.2) is 16.5 Å². The Kier molecular flexibility index (Phi) is 4.55. The van der Waals surface area contributed by atoms with E-state index in [1.54, 1.807) is 0 Å². The van der Waals surface area contributed by atoms with Gasteiger partial charge in [0.15, 0.2) is 0 Å². The standard InChI is InChI=1S/C11H15N3O2/c1-8-3-4-10(16-8)9(2)14-7-11(15)13-6-5-12/h3-4,9,14H,6-7H2,1-2H3,(H,13,15). The molecule has 0 aliphatic heterocycles. The molecule has 1 aromatic rings. The third-order valence-electron chi connectivity index (χ3n) is 2.12. The lowest BCUT2D eigenvalue weighted by Gasteiger charge is -2.10. The third-order valence-corrected chi connectivity index (χ3v) is 2.12. The van der Waals surface area contributed by atoms with E-state index in [1.807, 2.05) is 32.0 Å². The van der Waals surface area contributed by atoms with Crippen molar-refractivity contribution in [3.8, 4) is 6.07 Å². The van der Waals surface area contributed by atoms with Crippen LogP contribution in [0.4, 0.5) is 0 Å². The average Bonchev–Trinajstić information content (AvgIpc) is 2.69. The van der Waals surface area contributed by atoms with Crippen LogP contribution < -0.4 is 10.6 Å². The number of carbonyl (C=O) groups excluding carboxylic acids is 1. The van der Waals surface area contributed by atoms with Gasteiger partial charge < -0.3 is 9.73 Å². The molecule has 1 atom stereocenters.